The number of Topliss-reactive ketones (excluding diaryl/α,β-unsaturated/α-hetero) is 1. The van der Waals surface area contributed by atoms with Crippen LogP contribution in [0.4, 0.5) is 22.7 Å². The molecule has 0 spiro atoms. The number of carbonyl (C=O) groups is 2. The first-order valence-corrected chi connectivity index (χ1v) is 9.60. The number of rotatable bonds is 8. The van der Waals surface area contributed by atoms with E-state index in [1.165, 1.54) is 32.2 Å². The maximum absolute atomic E-state index is 11.9. The number of hydrogen-bond acceptors (Lipinski definition) is 9. The summed E-state index contributed by atoms with van der Waals surface area (Å²) in [5.41, 5.74) is -0.643. The van der Waals surface area contributed by atoms with Crippen LogP contribution in [-0.2, 0) is 19.7 Å². The van der Waals surface area contributed by atoms with Gasteiger partial charge in [0.1, 0.15) is 17.2 Å². The van der Waals surface area contributed by atoms with E-state index in [2.05, 4.69) is 15.5 Å². The number of amides is 1. The molecule has 0 atom stereocenters. The van der Waals surface area contributed by atoms with Crippen LogP contribution in [0.1, 0.15) is 13.3 Å². The second-order valence-corrected chi connectivity index (χ2v) is 7.28. The van der Waals surface area contributed by atoms with Crippen LogP contribution in [0.2, 0.25) is 0 Å². The topological polar surface area (TPSA) is 178 Å². The van der Waals surface area contributed by atoms with Crippen LogP contribution in [-0.4, -0.2) is 36.7 Å². The van der Waals surface area contributed by atoms with E-state index in [4.69, 9.17) is 9.29 Å². The molecule has 0 unspecified atom stereocenters. The van der Waals surface area contributed by atoms with Gasteiger partial charge in [-0.05, 0) is 31.2 Å². The standard InChI is InChI=1S/C17H16N4O8S/c1-10(22)7-17(23)18-13-5-4-12(29-2)9-14(13)20-19-11-3-6-16(30(26,27)28)15(8-11)21(24)25/h3-6,8-9H,7H2,1-2H3,(H,18,23)(H,26,27,28). The van der Waals surface area contributed by atoms with Crippen molar-refractivity contribution in [1.29, 1.82) is 0 Å². The van der Waals surface area contributed by atoms with Crippen LogP contribution in [0.3, 0.4) is 0 Å². The highest BCUT2D eigenvalue weighted by atomic mass is 32.2. The van der Waals surface area contributed by atoms with E-state index in [0.29, 0.717) is 5.75 Å². The zero-order valence-electron chi connectivity index (χ0n) is 15.7. The highest BCUT2D eigenvalue weighted by Gasteiger charge is 2.24. The molecule has 0 saturated carbocycles. The first kappa shape index (κ1) is 22.6. The van der Waals surface area contributed by atoms with E-state index >= 15 is 0 Å². The minimum absolute atomic E-state index is 0.0852. The zero-order valence-corrected chi connectivity index (χ0v) is 16.5. The van der Waals surface area contributed by atoms with E-state index in [0.717, 1.165) is 18.2 Å². The number of hydrogen-bond donors (Lipinski definition) is 2. The Balaban J connectivity index is 2.43. The molecule has 0 bridgehead atoms. The predicted octanol–water partition coefficient (Wildman–Crippen LogP) is 3.18. The molecule has 2 rings (SSSR count). The quantitative estimate of drug-likeness (QED) is 0.208. The number of nitrogens with one attached hydrogen (secondary N) is 1. The van der Waals surface area contributed by atoms with Gasteiger partial charge in [0.15, 0.2) is 4.90 Å². The van der Waals surface area contributed by atoms with Gasteiger partial charge < -0.3 is 10.1 Å². The molecule has 13 heteroatoms. The summed E-state index contributed by atoms with van der Waals surface area (Å²) in [6.45, 7) is 1.26. The number of nitro groups is 1. The van der Waals surface area contributed by atoms with E-state index < -0.39 is 31.5 Å². The molecule has 2 N–H and O–H groups in total. The van der Waals surface area contributed by atoms with Gasteiger partial charge >= 0.3 is 10.1 Å². The molecule has 0 heterocycles. The Labute approximate surface area is 170 Å². The van der Waals surface area contributed by atoms with Gasteiger partial charge in [0.2, 0.25) is 5.91 Å². The summed E-state index contributed by atoms with van der Waals surface area (Å²) in [7, 11) is -3.40. The van der Waals surface area contributed by atoms with E-state index in [1.807, 2.05) is 0 Å². The third-order valence-electron chi connectivity index (χ3n) is 3.58. The monoisotopic (exact) mass is 436 g/mol. The molecule has 0 aliphatic heterocycles. The van der Waals surface area contributed by atoms with Crippen LogP contribution < -0.4 is 10.1 Å². The van der Waals surface area contributed by atoms with Crippen LogP contribution >= 0.6 is 0 Å². The lowest BCUT2D eigenvalue weighted by molar-refractivity contribution is -0.387. The molecule has 0 aliphatic rings. The maximum atomic E-state index is 11.9. The number of methoxy groups -OCH3 is 1. The average Bonchev–Trinajstić information content (AvgIpc) is 2.65. The van der Waals surface area contributed by atoms with Crippen molar-refractivity contribution in [3.63, 3.8) is 0 Å². The molecule has 0 aromatic heterocycles. The molecule has 12 nitrogen and oxygen atoms in total. The number of nitrogens with zero attached hydrogens (tertiary/aromatic N) is 3. The first-order valence-electron chi connectivity index (χ1n) is 8.16. The molecule has 0 radical (unpaired) electrons. The second-order valence-electron chi connectivity index (χ2n) is 5.89. The highest BCUT2D eigenvalue weighted by molar-refractivity contribution is 7.86. The maximum Gasteiger partial charge on any atom is 0.301 e. The van der Waals surface area contributed by atoms with Gasteiger partial charge in [0, 0.05) is 12.1 Å². The highest BCUT2D eigenvalue weighted by Crippen LogP contribution is 2.33. The Morgan fingerprint density at radius 3 is 2.47 bits per heavy atom. The molecule has 2 aromatic rings. The van der Waals surface area contributed by atoms with Crippen LogP contribution in [0.5, 0.6) is 5.75 Å². The predicted molar refractivity (Wildman–Crippen MR) is 104 cm³/mol. The number of ether oxygens (including phenoxy) is 1. The van der Waals surface area contributed by atoms with Gasteiger partial charge in [0.05, 0.1) is 29.8 Å². The molecular weight excluding hydrogens is 420 g/mol. The largest absolute Gasteiger partial charge is 0.497 e. The van der Waals surface area contributed by atoms with E-state index in [-0.39, 0.29) is 29.3 Å². The van der Waals surface area contributed by atoms with Gasteiger partial charge in [-0.1, -0.05) is 0 Å². The molecule has 30 heavy (non-hydrogen) atoms. The Morgan fingerprint density at radius 1 is 1.20 bits per heavy atom. The van der Waals surface area contributed by atoms with E-state index in [1.54, 1.807) is 0 Å². The molecule has 1 amide bonds. The Kier molecular flexibility index (Phi) is 6.92. The average molecular weight is 436 g/mol. The number of nitro benzene ring substituents is 1. The van der Waals surface area contributed by atoms with Gasteiger partial charge in [-0.2, -0.15) is 13.5 Å². The summed E-state index contributed by atoms with van der Waals surface area (Å²) in [6.07, 6.45) is -0.341. The fraction of sp³-hybridized carbons (Fsp3) is 0.176. The SMILES string of the molecule is COc1ccc(NC(=O)CC(C)=O)c(N=Nc2ccc(S(=O)(=O)O)c([N+](=O)[O-])c2)c1. The minimum atomic E-state index is -4.81. The molecule has 2 aromatic carbocycles. The van der Waals surface area contributed by atoms with Gasteiger partial charge in [-0.25, -0.2) is 0 Å². The molecule has 158 valence electrons. The van der Waals surface area contributed by atoms with Crippen LogP contribution in [0, 0.1) is 10.1 Å². The van der Waals surface area contributed by atoms with Crippen molar-refractivity contribution < 1.29 is 32.2 Å². The molecule has 0 saturated heterocycles. The fourth-order valence-corrected chi connectivity index (χ4v) is 2.93. The van der Waals surface area contributed by atoms with Crippen molar-refractivity contribution in [2.24, 2.45) is 10.2 Å². The number of anilines is 1. The van der Waals surface area contributed by atoms with Crippen LogP contribution in [0.15, 0.2) is 51.5 Å². The number of ketones is 1. The van der Waals surface area contributed by atoms with Crippen molar-refractivity contribution >= 4 is 44.6 Å². The third kappa shape index (κ3) is 5.89. The lowest BCUT2D eigenvalue weighted by Crippen LogP contribution is -2.14. The molecular formula is C17H16N4O8S. The summed E-state index contributed by atoms with van der Waals surface area (Å²) in [5.74, 6) is -0.533. The normalized spacial score (nSPS) is 11.3. The first-order chi connectivity index (χ1) is 14.0. The number of benzene rings is 2. The van der Waals surface area contributed by atoms with Gasteiger partial charge in [-0.15, -0.1) is 5.11 Å². The molecule has 0 fully saturated rings. The van der Waals surface area contributed by atoms with E-state index in [9.17, 15) is 28.1 Å². The van der Waals surface area contributed by atoms with Crippen molar-refractivity contribution in [3.8, 4) is 5.75 Å². The van der Waals surface area contributed by atoms with Gasteiger partial charge in [0.25, 0.3) is 5.69 Å². The fourth-order valence-electron chi connectivity index (χ4n) is 2.29. The van der Waals surface area contributed by atoms with Crippen molar-refractivity contribution in [1.82, 2.24) is 0 Å². The molecule has 0 aliphatic carbocycles. The number of carbonyl (C=O) groups excluding carboxylic acids is 2. The van der Waals surface area contributed by atoms with Crippen molar-refractivity contribution in [2.75, 3.05) is 12.4 Å². The third-order valence-corrected chi connectivity index (χ3v) is 4.48. The Bertz CT molecular complexity index is 1140. The lowest BCUT2D eigenvalue weighted by atomic mass is 10.2. The Morgan fingerprint density at radius 2 is 1.90 bits per heavy atom. The summed E-state index contributed by atoms with van der Waals surface area (Å²) in [5, 5.41) is 21.3. The van der Waals surface area contributed by atoms with Crippen molar-refractivity contribution in [2.45, 2.75) is 18.2 Å². The lowest BCUT2D eigenvalue weighted by Gasteiger charge is -2.09. The minimum Gasteiger partial charge on any atom is -0.497 e. The zero-order chi connectivity index (χ0) is 22.5. The second kappa shape index (κ2) is 9.19. The summed E-state index contributed by atoms with van der Waals surface area (Å²) in [4.78, 5) is 32.2. The van der Waals surface area contributed by atoms with Crippen molar-refractivity contribution in [3.05, 3.63) is 46.5 Å². The smallest absolute Gasteiger partial charge is 0.301 e. The van der Waals surface area contributed by atoms with Gasteiger partial charge in [-0.3, -0.25) is 24.3 Å². The summed E-state index contributed by atoms with van der Waals surface area (Å²) < 4.78 is 36.7. The van der Waals surface area contributed by atoms with Crippen LogP contribution in [0.25, 0.3) is 0 Å². The Hall–Kier alpha value is -3.71. The number of azo groups is 1. The summed E-state index contributed by atoms with van der Waals surface area (Å²) >= 11 is 0. The summed E-state index contributed by atoms with van der Waals surface area (Å²) in [6, 6.07) is 7.18.